The van der Waals surface area contributed by atoms with Gasteiger partial charge in [0.1, 0.15) is 0 Å². The number of hydrogen-bond donors (Lipinski definition) is 1. The van der Waals surface area contributed by atoms with Gasteiger partial charge in [-0.05, 0) is 59.4 Å². The van der Waals surface area contributed by atoms with E-state index >= 15 is 0 Å². The molecule has 3 aromatic carbocycles. The average molecular weight is 473 g/mol. The number of H-pyrrole nitrogens is 1. The van der Waals surface area contributed by atoms with Crippen molar-refractivity contribution in [1.29, 1.82) is 5.26 Å². The maximum absolute atomic E-state index is 9.11. The van der Waals surface area contributed by atoms with Crippen molar-refractivity contribution in [3.05, 3.63) is 111 Å². The van der Waals surface area contributed by atoms with Crippen molar-refractivity contribution in [1.82, 2.24) is 14.9 Å². The molecule has 0 bridgehead atoms. The summed E-state index contributed by atoms with van der Waals surface area (Å²) in [6, 6.07) is 22.4. The van der Waals surface area contributed by atoms with Crippen LogP contribution in [0.25, 0.3) is 11.1 Å². The normalized spacial score (nSPS) is 14.5. The van der Waals surface area contributed by atoms with Gasteiger partial charge in [-0.15, -0.1) is 0 Å². The van der Waals surface area contributed by atoms with Crippen molar-refractivity contribution in [2.45, 2.75) is 25.4 Å². The van der Waals surface area contributed by atoms with Gasteiger partial charge in [-0.3, -0.25) is 4.90 Å². The highest BCUT2D eigenvalue weighted by atomic mass is 35.5. The molecule has 0 fully saturated rings. The quantitative estimate of drug-likeness (QED) is 0.356. The first-order valence-corrected chi connectivity index (χ1v) is 11.7. The van der Waals surface area contributed by atoms with E-state index in [1.54, 1.807) is 12.4 Å². The molecule has 0 aliphatic carbocycles. The van der Waals surface area contributed by atoms with Crippen LogP contribution >= 0.6 is 23.2 Å². The van der Waals surface area contributed by atoms with E-state index in [1.807, 2.05) is 42.6 Å². The highest BCUT2D eigenvalue weighted by Crippen LogP contribution is 2.37. The maximum Gasteiger partial charge on any atom is 0.0991 e. The van der Waals surface area contributed by atoms with Crippen LogP contribution < -0.4 is 0 Å². The van der Waals surface area contributed by atoms with Gasteiger partial charge in [0.05, 0.1) is 29.7 Å². The number of hydrogen-bond acceptors (Lipinski definition) is 3. The molecule has 4 aromatic rings. The lowest BCUT2D eigenvalue weighted by Crippen LogP contribution is -2.35. The Balaban J connectivity index is 1.45. The molecule has 1 atom stereocenters. The van der Waals surface area contributed by atoms with Gasteiger partial charge in [-0.25, -0.2) is 4.98 Å². The van der Waals surface area contributed by atoms with Crippen molar-refractivity contribution >= 4 is 23.2 Å². The van der Waals surface area contributed by atoms with Gasteiger partial charge in [-0.2, -0.15) is 5.26 Å². The summed E-state index contributed by atoms with van der Waals surface area (Å²) in [5.74, 6) is 0. The molecule has 1 aliphatic rings. The molecular formula is C27H22Cl2N4. The first kappa shape index (κ1) is 21.7. The molecule has 1 N–H and O–H groups in total. The Labute approximate surface area is 203 Å². The number of imidazole rings is 1. The molecule has 0 saturated heterocycles. The second kappa shape index (κ2) is 9.41. The van der Waals surface area contributed by atoms with Crippen LogP contribution in [0.4, 0.5) is 0 Å². The van der Waals surface area contributed by atoms with Crippen LogP contribution in [0.1, 0.15) is 34.0 Å². The van der Waals surface area contributed by atoms with Gasteiger partial charge >= 0.3 is 0 Å². The smallest absolute Gasteiger partial charge is 0.0991 e. The number of aromatic amines is 1. The Morgan fingerprint density at radius 1 is 1.06 bits per heavy atom. The third-order valence-corrected chi connectivity index (χ3v) is 6.90. The van der Waals surface area contributed by atoms with E-state index in [0.29, 0.717) is 15.6 Å². The fourth-order valence-electron chi connectivity index (χ4n) is 4.68. The largest absolute Gasteiger partial charge is 0.347 e. The third-order valence-electron chi connectivity index (χ3n) is 6.35. The first-order valence-electron chi connectivity index (χ1n) is 10.9. The number of nitrogens with zero attached hydrogens (tertiary/aromatic N) is 3. The third kappa shape index (κ3) is 4.54. The summed E-state index contributed by atoms with van der Waals surface area (Å²) in [7, 11) is 0. The van der Waals surface area contributed by atoms with Crippen molar-refractivity contribution in [3.63, 3.8) is 0 Å². The fraction of sp³-hybridized carbons (Fsp3) is 0.185. The molecule has 5 rings (SSSR count). The average Bonchev–Trinajstić information content (AvgIpc) is 3.37. The van der Waals surface area contributed by atoms with Crippen molar-refractivity contribution < 1.29 is 0 Å². The summed E-state index contributed by atoms with van der Waals surface area (Å²) in [4.78, 5) is 10.1. The van der Waals surface area contributed by atoms with E-state index in [9.17, 15) is 0 Å². The van der Waals surface area contributed by atoms with E-state index in [-0.39, 0.29) is 6.04 Å². The van der Waals surface area contributed by atoms with E-state index in [1.165, 1.54) is 22.3 Å². The van der Waals surface area contributed by atoms with Crippen LogP contribution in [-0.4, -0.2) is 21.4 Å². The van der Waals surface area contributed by atoms with E-state index in [4.69, 9.17) is 28.5 Å². The number of rotatable bonds is 5. The minimum absolute atomic E-state index is 0.163. The van der Waals surface area contributed by atoms with Gasteiger partial charge in [0.25, 0.3) is 0 Å². The summed E-state index contributed by atoms with van der Waals surface area (Å²) in [6.45, 7) is 1.77. The Bertz CT molecular complexity index is 1310. The predicted octanol–water partition coefficient (Wildman–Crippen LogP) is 6.60. The zero-order valence-corrected chi connectivity index (χ0v) is 19.4. The molecule has 33 heavy (non-hydrogen) atoms. The first-order chi connectivity index (χ1) is 16.1. The molecule has 0 amide bonds. The molecule has 4 nitrogen and oxygen atoms in total. The van der Waals surface area contributed by atoms with Gasteiger partial charge in [-0.1, -0.05) is 59.6 Å². The fourth-order valence-corrected chi connectivity index (χ4v) is 5.19. The molecule has 164 valence electrons. The number of halogens is 2. The molecule has 2 heterocycles. The zero-order valence-electron chi connectivity index (χ0n) is 17.9. The predicted molar refractivity (Wildman–Crippen MR) is 132 cm³/mol. The monoisotopic (exact) mass is 472 g/mol. The Morgan fingerprint density at radius 3 is 2.64 bits per heavy atom. The standard InChI is InChI=1S/C27H22Cl2N4/c28-21-8-9-24(25(29)13-21)23-3-1-2-20-16-33(11-10-22(20)23)27(26-15-31-17-32-26)12-18-4-6-19(14-30)7-5-18/h1-9,13,15,17,27H,10-12,16H2,(H,31,32). The van der Waals surface area contributed by atoms with E-state index in [2.05, 4.69) is 39.1 Å². The Morgan fingerprint density at radius 2 is 1.91 bits per heavy atom. The Kier molecular flexibility index (Phi) is 6.20. The summed E-state index contributed by atoms with van der Waals surface area (Å²) in [5.41, 5.74) is 7.83. The van der Waals surface area contributed by atoms with E-state index < -0.39 is 0 Å². The summed E-state index contributed by atoms with van der Waals surface area (Å²) in [6.07, 6.45) is 5.42. The summed E-state index contributed by atoms with van der Waals surface area (Å²) >= 11 is 12.7. The SMILES string of the molecule is N#Cc1ccc(CC(c2cnc[nH]2)N2CCc3c(cccc3-c3ccc(Cl)cc3Cl)C2)cc1. The highest BCUT2D eigenvalue weighted by molar-refractivity contribution is 6.36. The van der Waals surface area contributed by atoms with Crippen LogP contribution in [0, 0.1) is 11.3 Å². The minimum atomic E-state index is 0.163. The molecule has 1 aromatic heterocycles. The number of fused-ring (bicyclic) bond motifs is 1. The van der Waals surface area contributed by atoms with Crippen LogP contribution in [0.2, 0.25) is 10.0 Å². The molecule has 0 saturated carbocycles. The highest BCUT2D eigenvalue weighted by Gasteiger charge is 2.27. The van der Waals surface area contributed by atoms with Crippen LogP contribution in [0.15, 0.2) is 73.2 Å². The number of benzene rings is 3. The zero-order chi connectivity index (χ0) is 22.8. The second-order valence-corrected chi connectivity index (χ2v) is 9.17. The lowest BCUT2D eigenvalue weighted by atomic mass is 9.89. The number of aromatic nitrogens is 2. The van der Waals surface area contributed by atoms with Crippen molar-refractivity contribution in [2.75, 3.05) is 6.54 Å². The molecular weight excluding hydrogens is 451 g/mol. The van der Waals surface area contributed by atoms with Gasteiger partial charge < -0.3 is 4.98 Å². The number of nitriles is 1. The minimum Gasteiger partial charge on any atom is -0.347 e. The molecule has 1 unspecified atom stereocenters. The molecule has 6 heteroatoms. The van der Waals surface area contributed by atoms with Gasteiger partial charge in [0.2, 0.25) is 0 Å². The molecule has 0 radical (unpaired) electrons. The second-order valence-electron chi connectivity index (χ2n) is 8.32. The number of nitrogens with one attached hydrogen (secondary N) is 1. The lowest BCUT2D eigenvalue weighted by Gasteiger charge is -2.36. The Hall–Kier alpha value is -3.10. The molecule has 1 aliphatic heterocycles. The van der Waals surface area contributed by atoms with Crippen molar-refractivity contribution in [3.8, 4) is 17.2 Å². The summed E-state index contributed by atoms with van der Waals surface area (Å²) < 4.78 is 0. The molecule has 0 spiro atoms. The van der Waals surface area contributed by atoms with Gasteiger partial charge in [0, 0.05) is 34.9 Å². The van der Waals surface area contributed by atoms with E-state index in [0.717, 1.165) is 37.2 Å². The topological polar surface area (TPSA) is 55.7 Å². The van der Waals surface area contributed by atoms with Crippen LogP contribution in [-0.2, 0) is 19.4 Å². The van der Waals surface area contributed by atoms with Crippen LogP contribution in [0.5, 0.6) is 0 Å². The lowest BCUT2D eigenvalue weighted by molar-refractivity contribution is 0.175. The summed E-state index contributed by atoms with van der Waals surface area (Å²) in [5, 5.41) is 10.4. The van der Waals surface area contributed by atoms with Crippen molar-refractivity contribution in [2.24, 2.45) is 0 Å². The maximum atomic E-state index is 9.11. The van der Waals surface area contributed by atoms with Gasteiger partial charge in [0.15, 0.2) is 0 Å². The van der Waals surface area contributed by atoms with Crippen LogP contribution in [0.3, 0.4) is 0 Å².